The highest BCUT2D eigenvalue weighted by atomic mass is 16.1. The summed E-state index contributed by atoms with van der Waals surface area (Å²) in [6, 6.07) is 0. The van der Waals surface area contributed by atoms with Gasteiger partial charge in [-0.3, -0.25) is 4.79 Å². The van der Waals surface area contributed by atoms with Gasteiger partial charge in [-0.15, -0.1) is 0 Å². The molecule has 16 heavy (non-hydrogen) atoms. The lowest BCUT2D eigenvalue weighted by atomic mass is 10.1. The first kappa shape index (κ1) is 15.4. The van der Waals surface area contributed by atoms with Crippen LogP contribution in [0.5, 0.6) is 0 Å². The number of hydrogen-bond donors (Lipinski definition) is 2. The molecule has 2 N–H and O–H groups in total. The molecule has 0 unspecified atom stereocenters. The zero-order chi connectivity index (χ0) is 12.1. The van der Waals surface area contributed by atoms with E-state index in [4.69, 9.17) is 0 Å². The second kappa shape index (κ2) is 12.5. The van der Waals surface area contributed by atoms with E-state index in [2.05, 4.69) is 17.6 Å². The molecule has 3 heteroatoms. The van der Waals surface area contributed by atoms with Crippen LogP contribution in [-0.2, 0) is 4.79 Å². The quantitative estimate of drug-likeness (QED) is 0.533. The highest BCUT2D eigenvalue weighted by Gasteiger charge is 1.97. The Kier molecular flexibility index (Phi) is 12.1. The third-order valence-corrected chi connectivity index (χ3v) is 2.64. The van der Waals surface area contributed by atoms with Crippen molar-refractivity contribution in [1.29, 1.82) is 0 Å². The van der Waals surface area contributed by atoms with Gasteiger partial charge in [0, 0.05) is 6.54 Å². The molecule has 0 aromatic heterocycles. The lowest BCUT2D eigenvalue weighted by molar-refractivity contribution is -0.120. The average molecular weight is 228 g/mol. The molecule has 96 valence electrons. The largest absolute Gasteiger partial charge is 0.355 e. The van der Waals surface area contributed by atoms with E-state index < -0.39 is 0 Å². The predicted octanol–water partition coefficient (Wildman–Crippen LogP) is 2.46. The van der Waals surface area contributed by atoms with Crippen LogP contribution in [-0.4, -0.2) is 25.5 Å². The van der Waals surface area contributed by atoms with Crippen LogP contribution in [0.3, 0.4) is 0 Å². The summed E-state index contributed by atoms with van der Waals surface area (Å²) < 4.78 is 0. The van der Waals surface area contributed by atoms with Crippen LogP contribution in [0.25, 0.3) is 0 Å². The van der Waals surface area contributed by atoms with Gasteiger partial charge in [-0.05, 0) is 13.0 Å². The molecule has 0 radical (unpaired) electrons. The number of carbonyl (C=O) groups excluding carboxylic acids is 1. The van der Waals surface area contributed by atoms with Gasteiger partial charge in [0.15, 0.2) is 0 Å². The molecule has 0 saturated heterocycles. The van der Waals surface area contributed by atoms with Crippen molar-refractivity contribution < 1.29 is 4.79 Å². The molecule has 0 atom stereocenters. The highest BCUT2D eigenvalue weighted by Crippen LogP contribution is 2.06. The van der Waals surface area contributed by atoms with Crippen LogP contribution in [0, 0.1) is 0 Å². The lowest BCUT2D eigenvalue weighted by Gasteiger charge is -2.05. The Balaban J connectivity index is 3.05. The molecule has 0 aromatic rings. The maximum atomic E-state index is 11.2. The van der Waals surface area contributed by atoms with Crippen LogP contribution < -0.4 is 10.6 Å². The number of nitrogens with one attached hydrogen (secondary N) is 2. The van der Waals surface area contributed by atoms with Crippen LogP contribution in [0.15, 0.2) is 0 Å². The molecule has 0 aliphatic heterocycles. The van der Waals surface area contributed by atoms with Crippen molar-refractivity contribution in [3.8, 4) is 0 Å². The third kappa shape index (κ3) is 11.5. The predicted molar refractivity (Wildman–Crippen MR) is 69.5 cm³/mol. The monoisotopic (exact) mass is 228 g/mol. The van der Waals surface area contributed by atoms with E-state index in [1.54, 1.807) is 0 Å². The second-order valence-corrected chi connectivity index (χ2v) is 4.25. The molecule has 0 fully saturated rings. The smallest absolute Gasteiger partial charge is 0.233 e. The summed E-state index contributed by atoms with van der Waals surface area (Å²) in [7, 11) is 0. The van der Waals surface area contributed by atoms with Gasteiger partial charge in [-0.1, -0.05) is 52.4 Å². The van der Waals surface area contributed by atoms with Crippen molar-refractivity contribution >= 4 is 5.91 Å². The molecular weight excluding hydrogens is 200 g/mol. The fourth-order valence-corrected chi connectivity index (χ4v) is 1.61. The van der Waals surface area contributed by atoms with Crippen molar-refractivity contribution in [2.24, 2.45) is 0 Å². The Bertz CT molecular complexity index is 160. The van der Waals surface area contributed by atoms with E-state index in [1.165, 1.54) is 38.5 Å². The van der Waals surface area contributed by atoms with Crippen LogP contribution >= 0.6 is 0 Å². The van der Waals surface area contributed by atoms with Gasteiger partial charge >= 0.3 is 0 Å². The van der Waals surface area contributed by atoms with Gasteiger partial charge in [-0.25, -0.2) is 0 Å². The molecule has 0 rings (SSSR count). The molecule has 0 bridgehead atoms. The Hall–Kier alpha value is -0.570. The van der Waals surface area contributed by atoms with Crippen LogP contribution in [0.2, 0.25) is 0 Å². The lowest BCUT2D eigenvalue weighted by Crippen LogP contribution is -2.34. The molecule has 0 spiro atoms. The molecular formula is C13H28N2O. The molecule has 1 amide bonds. The van der Waals surface area contributed by atoms with E-state index in [1.807, 2.05) is 6.92 Å². The number of hydrogen-bond acceptors (Lipinski definition) is 2. The maximum absolute atomic E-state index is 11.2. The molecule has 0 saturated carbocycles. The average Bonchev–Trinajstić information content (AvgIpc) is 2.30. The van der Waals surface area contributed by atoms with Gasteiger partial charge in [0.25, 0.3) is 0 Å². The minimum absolute atomic E-state index is 0.118. The summed E-state index contributed by atoms with van der Waals surface area (Å²) in [6.45, 7) is 6.37. The van der Waals surface area contributed by atoms with Gasteiger partial charge in [0.1, 0.15) is 0 Å². The summed E-state index contributed by atoms with van der Waals surface area (Å²) in [4.78, 5) is 11.2. The number of likely N-dealkylation sites (N-methyl/N-ethyl adjacent to an activating group) is 1. The summed E-state index contributed by atoms with van der Waals surface area (Å²) in [6.07, 6.45) is 9.04. The van der Waals surface area contributed by atoms with Crippen molar-refractivity contribution in [3.05, 3.63) is 0 Å². The SMILES string of the molecule is CCCCCCCCCNC(=O)CNCC. The summed E-state index contributed by atoms with van der Waals surface area (Å²) in [5.41, 5.74) is 0. The number of amides is 1. The first-order chi connectivity index (χ1) is 7.81. The summed E-state index contributed by atoms with van der Waals surface area (Å²) in [5, 5.41) is 5.93. The Morgan fingerprint density at radius 3 is 2.19 bits per heavy atom. The van der Waals surface area contributed by atoms with E-state index in [0.29, 0.717) is 6.54 Å². The van der Waals surface area contributed by atoms with E-state index >= 15 is 0 Å². The Morgan fingerprint density at radius 1 is 0.938 bits per heavy atom. The first-order valence-corrected chi connectivity index (χ1v) is 6.78. The highest BCUT2D eigenvalue weighted by molar-refractivity contribution is 5.77. The van der Waals surface area contributed by atoms with Gasteiger partial charge in [0.05, 0.1) is 6.54 Å². The zero-order valence-corrected chi connectivity index (χ0v) is 11.0. The van der Waals surface area contributed by atoms with Crippen molar-refractivity contribution in [2.45, 2.75) is 58.8 Å². The molecule has 3 nitrogen and oxygen atoms in total. The van der Waals surface area contributed by atoms with Gasteiger partial charge in [0.2, 0.25) is 5.91 Å². The number of unbranched alkanes of at least 4 members (excludes halogenated alkanes) is 6. The Morgan fingerprint density at radius 2 is 1.56 bits per heavy atom. The Labute approximate surface area is 100 Å². The third-order valence-electron chi connectivity index (χ3n) is 2.64. The van der Waals surface area contributed by atoms with Crippen molar-refractivity contribution in [2.75, 3.05) is 19.6 Å². The van der Waals surface area contributed by atoms with E-state index in [-0.39, 0.29) is 5.91 Å². The minimum atomic E-state index is 0.118. The summed E-state index contributed by atoms with van der Waals surface area (Å²) in [5.74, 6) is 0.118. The van der Waals surface area contributed by atoms with Gasteiger partial charge in [-0.2, -0.15) is 0 Å². The zero-order valence-electron chi connectivity index (χ0n) is 11.0. The number of carbonyl (C=O) groups is 1. The molecule has 0 aliphatic rings. The van der Waals surface area contributed by atoms with E-state index in [0.717, 1.165) is 19.5 Å². The van der Waals surface area contributed by atoms with Crippen LogP contribution in [0.1, 0.15) is 58.8 Å². The fraction of sp³-hybridized carbons (Fsp3) is 0.923. The normalized spacial score (nSPS) is 10.4. The standard InChI is InChI=1S/C13H28N2O/c1-3-5-6-7-8-9-10-11-15-13(16)12-14-4-2/h14H,3-12H2,1-2H3,(H,15,16). The molecule has 0 heterocycles. The van der Waals surface area contributed by atoms with E-state index in [9.17, 15) is 4.79 Å². The number of rotatable bonds is 11. The van der Waals surface area contributed by atoms with Crippen molar-refractivity contribution in [3.63, 3.8) is 0 Å². The van der Waals surface area contributed by atoms with Crippen molar-refractivity contribution in [1.82, 2.24) is 10.6 Å². The van der Waals surface area contributed by atoms with Gasteiger partial charge < -0.3 is 10.6 Å². The second-order valence-electron chi connectivity index (χ2n) is 4.25. The molecule has 0 aliphatic carbocycles. The first-order valence-electron chi connectivity index (χ1n) is 6.78. The fourth-order valence-electron chi connectivity index (χ4n) is 1.61. The maximum Gasteiger partial charge on any atom is 0.233 e. The topological polar surface area (TPSA) is 41.1 Å². The molecule has 0 aromatic carbocycles. The minimum Gasteiger partial charge on any atom is -0.355 e. The van der Waals surface area contributed by atoms with Crippen LogP contribution in [0.4, 0.5) is 0 Å². The summed E-state index contributed by atoms with van der Waals surface area (Å²) >= 11 is 0.